The molecule has 2 rings (SSSR count). The van der Waals surface area contributed by atoms with E-state index in [0.717, 1.165) is 24.0 Å². The molecule has 0 unspecified atom stereocenters. The highest BCUT2D eigenvalue weighted by Gasteiger charge is 2.14. The van der Waals surface area contributed by atoms with E-state index in [1.165, 1.54) is 38.5 Å². The van der Waals surface area contributed by atoms with Crippen molar-refractivity contribution in [3.8, 4) is 0 Å². The molecule has 1 aromatic heterocycles. The number of rotatable bonds is 5. The van der Waals surface area contributed by atoms with Gasteiger partial charge < -0.3 is 11.1 Å². The van der Waals surface area contributed by atoms with Crippen molar-refractivity contribution in [3.63, 3.8) is 0 Å². The van der Waals surface area contributed by atoms with Crippen LogP contribution in [0.25, 0.3) is 0 Å². The molecule has 1 fully saturated rings. The predicted octanol–water partition coefficient (Wildman–Crippen LogP) is 2.38. The first kappa shape index (κ1) is 11.3. The molecule has 0 saturated heterocycles. The normalized spacial score (nSPS) is 16.8. The molecule has 0 aliphatic heterocycles. The Bertz CT molecular complexity index is 326. The fourth-order valence-electron chi connectivity index (χ4n) is 2.54. The van der Waals surface area contributed by atoms with Crippen LogP contribution in [0, 0.1) is 5.92 Å². The average molecular weight is 222 g/mol. The highest BCUT2D eigenvalue weighted by Crippen LogP contribution is 2.28. The summed E-state index contributed by atoms with van der Waals surface area (Å²) in [7, 11) is 1.89. The number of nitrogen functional groups attached to an aromatic ring is 1. The molecule has 1 heterocycles. The second kappa shape index (κ2) is 5.23. The summed E-state index contributed by atoms with van der Waals surface area (Å²) in [6.45, 7) is 0.984. The van der Waals surface area contributed by atoms with Gasteiger partial charge in [0.05, 0.1) is 5.69 Å². The Balaban J connectivity index is 1.65. The largest absolute Gasteiger partial charge is 0.394 e. The Morgan fingerprint density at radius 2 is 2.25 bits per heavy atom. The second-order valence-corrected chi connectivity index (χ2v) is 4.83. The maximum atomic E-state index is 5.80. The molecule has 0 bridgehead atoms. The van der Waals surface area contributed by atoms with E-state index in [-0.39, 0.29) is 0 Å². The minimum absolute atomic E-state index is 0.739. The van der Waals surface area contributed by atoms with E-state index in [4.69, 9.17) is 5.73 Å². The molecular weight excluding hydrogens is 200 g/mol. The van der Waals surface area contributed by atoms with Crippen LogP contribution in [-0.4, -0.2) is 16.3 Å². The van der Waals surface area contributed by atoms with Crippen LogP contribution in [0.2, 0.25) is 0 Å². The van der Waals surface area contributed by atoms with Gasteiger partial charge in [0, 0.05) is 19.8 Å². The number of nitrogens with zero attached hydrogens (tertiary/aromatic N) is 2. The van der Waals surface area contributed by atoms with Crippen LogP contribution in [0.4, 0.5) is 11.5 Å². The number of hydrogen-bond acceptors (Lipinski definition) is 3. The topological polar surface area (TPSA) is 55.9 Å². The zero-order chi connectivity index (χ0) is 11.4. The number of anilines is 2. The van der Waals surface area contributed by atoms with Crippen molar-refractivity contribution < 1.29 is 0 Å². The summed E-state index contributed by atoms with van der Waals surface area (Å²) in [4.78, 5) is 0. The lowest BCUT2D eigenvalue weighted by Crippen LogP contribution is -2.06. The van der Waals surface area contributed by atoms with Gasteiger partial charge in [0.25, 0.3) is 0 Å². The quantitative estimate of drug-likeness (QED) is 0.752. The van der Waals surface area contributed by atoms with Crippen molar-refractivity contribution in [3.05, 3.63) is 6.20 Å². The molecule has 1 aromatic rings. The molecule has 1 aliphatic carbocycles. The minimum atomic E-state index is 0.739. The second-order valence-electron chi connectivity index (χ2n) is 4.83. The fraction of sp³-hybridized carbons (Fsp3) is 0.750. The van der Waals surface area contributed by atoms with Gasteiger partial charge >= 0.3 is 0 Å². The van der Waals surface area contributed by atoms with Crippen molar-refractivity contribution in [1.29, 1.82) is 0 Å². The number of aromatic nitrogens is 2. The Labute approximate surface area is 97.2 Å². The third-order valence-electron chi connectivity index (χ3n) is 3.41. The summed E-state index contributed by atoms with van der Waals surface area (Å²) in [5.41, 5.74) is 6.54. The van der Waals surface area contributed by atoms with Gasteiger partial charge in [-0.15, -0.1) is 0 Å². The first-order valence-corrected chi connectivity index (χ1v) is 6.28. The Hall–Kier alpha value is -1.19. The summed E-state index contributed by atoms with van der Waals surface area (Å²) in [6.07, 6.45) is 10.1. The molecule has 1 aliphatic rings. The molecule has 90 valence electrons. The Morgan fingerprint density at radius 1 is 1.50 bits per heavy atom. The summed E-state index contributed by atoms with van der Waals surface area (Å²) in [5.74, 6) is 1.80. The van der Waals surface area contributed by atoms with Gasteiger partial charge in [-0.05, 0) is 18.8 Å². The van der Waals surface area contributed by atoms with Gasteiger partial charge in [-0.3, -0.25) is 4.68 Å². The molecule has 0 spiro atoms. The summed E-state index contributed by atoms with van der Waals surface area (Å²) < 4.78 is 1.74. The van der Waals surface area contributed by atoms with E-state index in [9.17, 15) is 0 Å². The van der Waals surface area contributed by atoms with Crippen LogP contribution in [0.15, 0.2) is 6.20 Å². The van der Waals surface area contributed by atoms with Gasteiger partial charge in [-0.25, -0.2) is 0 Å². The van der Waals surface area contributed by atoms with Crippen LogP contribution >= 0.6 is 0 Å². The Morgan fingerprint density at radius 3 is 2.88 bits per heavy atom. The average Bonchev–Trinajstić information content (AvgIpc) is 2.84. The smallest absolute Gasteiger partial charge is 0.171 e. The molecule has 16 heavy (non-hydrogen) atoms. The molecule has 0 radical (unpaired) electrons. The molecule has 0 aromatic carbocycles. The Kier molecular flexibility index (Phi) is 3.70. The third kappa shape index (κ3) is 2.90. The SMILES string of the molecule is Cn1cc(N)c(NCCCC2CCCC2)n1. The van der Waals surface area contributed by atoms with Crippen LogP contribution < -0.4 is 11.1 Å². The van der Waals surface area contributed by atoms with E-state index in [0.29, 0.717) is 0 Å². The van der Waals surface area contributed by atoms with E-state index in [2.05, 4.69) is 10.4 Å². The van der Waals surface area contributed by atoms with Gasteiger partial charge in [0.2, 0.25) is 0 Å². The van der Waals surface area contributed by atoms with Crippen molar-refractivity contribution in [1.82, 2.24) is 9.78 Å². The van der Waals surface area contributed by atoms with Gasteiger partial charge in [-0.2, -0.15) is 5.10 Å². The molecular formula is C12H22N4. The molecule has 3 N–H and O–H groups in total. The summed E-state index contributed by atoms with van der Waals surface area (Å²) >= 11 is 0. The lowest BCUT2D eigenvalue weighted by Gasteiger charge is -2.08. The van der Waals surface area contributed by atoms with E-state index in [1.807, 2.05) is 13.2 Å². The van der Waals surface area contributed by atoms with Crippen molar-refractivity contribution in [2.24, 2.45) is 13.0 Å². The zero-order valence-corrected chi connectivity index (χ0v) is 10.1. The monoisotopic (exact) mass is 222 g/mol. The highest BCUT2D eigenvalue weighted by atomic mass is 15.3. The first-order valence-electron chi connectivity index (χ1n) is 6.28. The van der Waals surface area contributed by atoms with Crippen molar-refractivity contribution >= 4 is 11.5 Å². The molecule has 0 atom stereocenters. The molecule has 4 nitrogen and oxygen atoms in total. The lowest BCUT2D eigenvalue weighted by molar-refractivity contribution is 0.491. The third-order valence-corrected chi connectivity index (χ3v) is 3.41. The van der Waals surface area contributed by atoms with Crippen LogP contribution in [-0.2, 0) is 7.05 Å². The minimum Gasteiger partial charge on any atom is -0.394 e. The number of hydrogen-bond donors (Lipinski definition) is 2. The maximum Gasteiger partial charge on any atom is 0.171 e. The van der Waals surface area contributed by atoms with Gasteiger partial charge in [0.1, 0.15) is 0 Å². The highest BCUT2D eigenvalue weighted by molar-refractivity contribution is 5.59. The number of nitrogens with one attached hydrogen (secondary N) is 1. The standard InChI is InChI=1S/C12H22N4/c1-16-9-11(13)12(15-16)14-8-4-7-10-5-2-3-6-10/h9-10H,2-8,13H2,1H3,(H,14,15). The fourth-order valence-corrected chi connectivity index (χ4v) is 2.54. The van der Waals surface area contributed by atoms with Crippen LogP contribution in [0.5, 0.6) is 0 Å². The van der Waals surface area contributed by atoms with E-state index >= 15 is 0 Å². The summed E-state index contributed by atoms with van der Waals surface area (Å²) in [6, 6.07) is 0. The number of nitrogens with two attached hydrogens (primary N) is 1. The van der Waals surface area contributed by atoms with E-state index < -0.39 is 0 Å². The number of aryl methyl sites for hydroxylation is 1. The van der Waals surface area contributed by atoms with Crippen molar-refractivity contribution in [2.45, 2.75) is 38.5 Å². The van der Waals surface area contributed by atoms with E-state index in [1.54, 1.807) is 4.68 Å². The van der Waals surface area contributed by atoms with Gasteiger partial charge in [0.15, 0.2) is 5.82 Å². The molecule has 0 amide bonds. The predicted molar refractivity (Wildman–Crippen MR) is 67.3 cm³/mol. The van der Waals surface area contributed by atoms with Crippen LogP contribution in [0.1, 0.15) is 38.5 Å². The maximum absolute atomic E-state index is 5.80. The summed E-state index contributed by atoms with van der Waals surface area (Å²) in [5, 5.41) is 7.56. The van der Waals surface area contributed by atoms with Gasteiger partial charge in [-0.1, -0.05) is 25.7 Å². The lowest BCUT2D eigenvalue weighted by atomic mass is 10.0. The molecule has 1 saturated carbocycles. The first-order chi connectivity index (χ1) is 7.75. The van der Waals surface area contributed by atoms with Crippen LogP contribution in [0.3, 0.4) is 0 Å². The van der Waals surface area contributed by atoms with Crippen molar-refractivity contribution in [2.75, 3.05) is 17.6 Å². The zero-order valence-electron chi connectivity index (χ0n) is 10.1. The molecule has 4 heteroatoms.